The van der Waals surface area contributed by atoms with Crippen molar-refractivity contribution >= 4 is 5.69 Å². The number of hydrogen-bond acceptors (Lipinski definition) is 1. The largest absolute Gasteiger partial charge is 0.384 e. The molecule has 0 saturated carbocycles. The number of rotatable bonds is 2. The summed E-state index contributed by atoms with van der Waals surface area (Å²) in [6.45, 7) is 2.82. The molecular weight excluding hydrogens is 165 g/mol. The summed E-state index contributed by atoms with van der Waals surface area (Å²) < 4.78 is 13.5. The molecule has 1 nitrogen and oxygen atoms in total. The number of halogens is 1. The molecule has 0 fully saturated rings. The predicted molar refractivity (Wildman–Crippen MR) is 52.8 cm³/mol. The van der Waals surface area contributed by atoms with Crippen LogP contribution in [0, 0.1) is 0 Å². The van der Waals surface area contributed by atoms with E-state index in [0.29, 0.717) is 6.42 Å². The molecule has 0 amide bonds. The minimum Gasteiger partial charge on any atom is -0.384 e. The van der Waals surface area contributed by atoms with Crippen LogP contribution in [-0.4, -0.2) is 6.54 Å². The molecule has 0 saturated heterocycles. The molecule has 1 aromatic carbocycles. The summed E-state index contributed by atoms with van der Waals surface area (Å²) in [5, 5.41) is 3.24. The van der Waals surface area contributed by atoms with Crippen LogP contribution in [0.1, 0.15) is 30.6 Å². The Kier molecular flexibility index (Phi) is 2.21. The number of anilines is 1. The molecule has 1 heterocycles. The highest BCUT2D eigenvalue weighted by molar-refractivity contribution is 5.61. The van der Waals surface area contributed by atoms with Gasteiger partial charge >= 0.3 is 0 Å². The van der Waals surface area contributed by atoms with Crippen molar-refractivity contribution in [2.75, 3.05) is 11.9 Å². The smallest absolute Gasteiger partial charge is 0.127 e. The second-order valence-corrected chi connectivity index (χ2v) is 3.43. The third-order valence-corrected chi connectivity index (χ3v) is 2.57. The van der Waals surface area contributed by atoms with E-state index in [0.717, 1.165) is 24.2 Å². The van der Waals surface area contributed by atoms with Gasteiger partial charge in [-0.05, 0) is 18.4 Å². The van der Waals surface area contributed by atoms with E-state index in [4.69, 9.17) is 0 Å². The Bertz CT molecular complexity index is 309. The molecule has 1 aliphatic heterocycles. The SMILES string of the molecule is CCC(F)c1cccc2c1NCC2. The van der Waals surface area contributed by atoms with E-state index in [1.54, 1.807) is 0 Å². The van der Waals surface area contributed by atoms with E-state index < -0.39 is 6.17 Å². The van der Waals surface area contributed by atoms with Crippen molar-refractivity contribution in [2.45, 2.75) is 25.9 Å². The molecule has 1 N–H and O–H groups in total. The molecule has 0 aromatic heterocycles. The Morgan fingerprint density at radius 1 is 1.54 bits per heavy atom. The average molecular weight is 179 g/mol. The maximum atomic E-state index is 13.5. The van der Waals surface area contributed by atoms with Gasteiger partial charge in [0.2, 0.25) is 0 Å². The van der Waals surface area contributed by atoms with Gasteiger partial charge in [-0.3, -0.25) is 0 Å². The van der Waals surface area contributed by atoms with E-state index in [-0.39, 0.29) is 0 Å². The molecule has 0 bridgehead atoms. The summed E-state index contributed by atoms with van der Waals surface area (Å²) in [5.74, 6) is 0. The van der Waals surface area contributed by atoms with Crippen LogP contribution in [0.25, 0.3) is 0 Å². The highest BCUT2D eigenvalue weighted by atomic mass is 19.1. The molecule has 1 unspecified atom stereocenters. The topological polar surface area (TPSA) is 12.0 Å². The van der Waals surface area contributed by atoms with Crippen molar-refractivity contribution in [1.82, 2.24) is 0 Å². The number of nitrogens with one attached hydrogen (secondary N) is 1. The Labute approximate surface area is 78.0 Å². The van der Waals surface area contributed by atoms with Crippen LogP contribution in [0.3, 0.4) is 0 Å². The summed E-state index contributed by atoms with van der Waals surface area (Å²) >= 11 is 0. The van der Waals surface area contributed by atoms with E-state index in [1.165, 1.54) is 5.56 Å². The van der Waals surface area contributed by atoms with Crippen molar-refractivity contribution < 1.29 is 4.39 Å². The maximum absolute atomic E-state index is 13.5. The van der Waals surface area contributed by atoms with Crippen molar-refractivity contribution in [2.24, 2.45) is 0 Å². The van der Waals surface area contributed by atoms with Gasteiger partial charge in [0.15, 0.2) is 0 Å². The van der Waals surface area contributed by atoms with Gasteiger partial charge in [-0.25, -0.2) is 4.39 Å². The quantitative estimate of drug-likeness (QED) is 0.735. The van der Waals surface area contributed by atoms with Gasteiger partial charge in [0.05, 0.1) is 0 Å². The van der Waals surface area contributed by atoms with E-state index in [1.807, 2.05) is 19.1 Å². The minimum absolute atomic E-state index is 0.554. The monoisotopic (exact) mass is 179 g/mol. The Balaban J connectivity index is 2.41. The summed E-state index contributed by atoms with van der Waals surface area (Å²) in [4.78, 5) is 0. The number of hydrogen-bond donors (Lipinski definition) is 1. The summed E-state index contributed by atoms with van der Waals surface area (Å²) in [5.41, 5.74) is 3.13. The van der Waals surface area contributed by atoms with Gasteiger partial charge in [0.25, 0.3) is 0 Å². The molecule has 0 spiro atoms. The van der Waals surface area contributed by atoms with E-state index in [2.05, 4.69) is 11.4 Å². The first kappa shape index (κ1) is 8.54. The second kappa shape index (κ2) is 3.36. The first-order valence-corrected chi connectivity index (χ1v) is 4.82. The van der Waals surface area contributed by atoms with Crippen LogP contribution >= 0.6 is 0 Å². The molecule has 0 aliphatic carbocycles. The zero-order valence-corrected chi connectivity index (χ0v) is 7.81. The van der Waals surface area contributed by atoms with Crippen LogP contribution in [0.4, 0.5) is 10.1 Å². The standard InChI is InChI=1S/C11H14FN/c1-2-10(12)9-5-3-4-8-6-7-13-11(8)9/h3-5,10,13H,2,6-7H2,1H3. The summed E-state index contributed by atoms with van der Waals surface area (Å²) in [6, 6.07) is 5.90. The van der Waals surface area contributed by atoms with Gasteiger partial charge in [0, 0.05) is 17.8 Å². The number of fused-ring (bicyclic) bond motifs is 1. The number of alkyl halides is 1. The maximum Gasteiger partial charge on any atom is 0.127 e. The van der Waals surface area contributed by atoms with Crippen molar-refractivity contribution in [3.8, 4) is 0 Å². The zero-order chi connectivity index (χ0) is 9.26. The first-order chi connectivity index (χ1) is 6.33. The van der Waals surface area contributed by atoms with Crippen molar-refractivity contribution in [3.05, 3.63) is 29.3 Å². The zero-order valence-electron chi connectivity index (χ0n) is 7.81. The van der Waals surface area contributed by atoms with Gasteiger partial charge in [-0.2, -0.15) is 0 Å². The fourth-order valence-corrected chi connectivity index (χ4v) is 1.85. The van der Waals surface area contributed by atoms with Crippen LogP contribution in [-0.2, 0) is 6.42 Å². The molecule has 1 aliphatic rings. The lowest BCUT2D eigenvalue weighted by atomic mass is 10.0. The minimum atomic E-state index is -0.819. The van der Waals surface area contributed by atoms with Crippen molar-refractivity contribution in [1.29, 1.82) is 0 Å². The highest BCUT2D eigenvalue weighted by Crippen LogP contribution is 2.33. The molecule has 2 rings (SSSR count). The molecule has 13 heavy (non-hydrogen) atoms. The highest BCUT2D eigenvalue weighted by Gasteiger charge is 2.18. The fourth-order valence-electron chi connectivity index (χ4n) is 1.85. The molecule has 70 valence electrons. The van der Waals surface area contributed by atoms with Crippen LogP contribution in [0.15, 0.2) is 18.2 Å². The second-order valence-electron chi connectivity index (χ2n) is 3.43. The lowest BCUT2D eigenvalue weighted by Crippen LogP contribution is -1.97. The third kappa shape index (κ3) is 1.41. The van der Waals surface area contributed by atoms with Gasteiger partial charge < -0.3 is 5.32 Å². The Morgan fingerprint density at radius 3 is 3.15 bits per heavy atom. The van der Waals surface area contributed by atoms with E-state index >= 15 is 0 Å². The lowest BCUT2D eigenvalue weighted by molar-refractivity contribution is 0.335. The molecular formula is C11H14FN. The Hall–Kier alpha value is -1.05. The molecule has 0 radical (unpaired) electrons. The number of benzene rings is 1. The number of para-hydroxylation sites is 1. The van der Waals surface area contributed by atoms with Crippen LogP contribution in [0.2, 0.25) is 0 Å². The van der Waals surface area contributed by atoms with Gasteiger partial charge in [-0.1, -0.05) is 25.1 Å². The van der Waals surface area contributed by atoms with Crippen LogP contribution in [0.5, 0.6) is 0 Å². The Morgan fingerprint density at radius 2 is 2.38 bits per heavy atom. The molecule has 1 atom stereocenters. The normalized spacial score (nSPS) is 16.5. The summed E-state index contributed by atoms with van der Waals surface area (Å²) in [6.07, 6.45) is 0.762. The van der Waals surface area contributed by atoms with E-state index in [9.17, 15) is 4.39 Å². The molecule has 1 aromatic rings. The van der Waals surface area contributed by atoms with Gasteiger partial charge in [-0.15, -0.1) is 0 Å². The third-order valence-electron chi connectivity index (χ3n) is 2.57. The van der Waals surface area contributed by atoms with Crippen molar-refractivity contribution in [3.63, 3.8) is 0 Å². The average Bonchev–Trinajstić information content (AvgIpc) is 2.63. The predicted octanol–water partition coefficient (Wildman–Crippen LogP) is 3.08. The fraction of sp³-hybridized carbons (Fsp3) is 0.455. The summed E-state index contributed by atoms with van der Waals surface area (Å²) in [7, 11) is 0. The lowest BCUT2D eigenvalue weighted by Gasteiger charge is -2.11. The van der Waals surface area contributed by atoms with Gasteiger partial charge in [0.1, 0.15) is 6.17 Å². The first-order valence-electron chi connectivity index (χ1n) is 4.82. The van der Waals surface area contributed by atoms with Crippen LogP contribution < -0.4 is 5.32 Å². The molecule has 2 heteroatoms.